The van der Waals surface area contributed by atoms with Crippen LogP contribution in [0.3, 0.4) is 0 Å². The molecule has 6 heteroatoms. The largest absolute Gasteiger partial charge is 0.291 e. The van der Waals surface area contributed by atoms with Crippen LogP contribution in [0.4, 0.5) is 4.39 Å². The summed E-state index contributed by atoms with van der Waals surface area (Å²) in [5, 5.41) is 0.943. The molecule has 0 radical (unpaired) electrons. The summed E-state index contributed by atoms with van der Waals surface area (Å²) in [5.74, 6) is 0.142. The van der Waals surface area contributed by atoms with Crippen LogP contribution in [0.5, 0.6) is 0 Å². The third-order valence-corrected chi connectivity index (χ3v) is 4.52. The minimum Gasteiger partial charge on any atom is -0.291 e. The third kappa shape index (κ3) is 3.66. The average Bonchev–Trinajstić information content (AvgIpc) is 2.42. The van der Waals surface area contributed by atoms with E-state index in [9.17, 15) is 9.18 Å². The number of aromatic nitrogens is 2. The summed E-state index contributed by atoms with van der Waals surface area (Å²) in [5.41, 5.74) is 1.05. The fourth-order valence-electron chi connectivity index (χ4n) is 1.77. The summed E-state index contributed by atoms with van der Waals surface area (Å²) >= 11 is 7.31. The topological polar surface area (TPSA) is 34.9 Å². The Hall–Kier alpha value is -1.33. The van der Waals surface area contributed by atoms with Gasteiger partial charge in [0.05, 0.1) is 5.69 Å². The van der Waals surface area contributed by atoms with Crippen LogP contribution in [0.1, 0.15) is 31.0 Å². The molecule has 2 aromatic rings. The molecule has 1 aromatic heterocycles. The van der Waals surface area contributed by atoms with Crippen molar-refractivity contribution in [2.45, 2.75) is 30.7 Å². The monoisotopic (exact) mass is 326 g/mol. The molecule has 1 aromatic carbocycles. The maximum Gasteiger partial charge on any atom is 0.254 e. The van der Waals surface area contributed by atoms with Crippen molar-refractivity contribution in [2.24, 2.45) is 7.05 Å². The lowest BCUT2D eigenvalue weighted by molar-refractivity contribution is 0.617. The minimum atomic E-state index is -0.347. The number of hydrogen-bond acceptors (Lipinski definition) is 3. The van der Waals surface area contributed by atoms with Gasteiger partial charge in [0.25, 0.3) is 5.56 Å². The summed E-state index contributed by atoms with van der Waals surface area (Å²) < 4.78 is 15.2. The molecule has 0 atom stereocenters. The Bertz CT molecular complexity index is 695. The summed E-state index contributed by atoms with van der Waals surface area (Å²) in [6.45, 7) is 3.95. The van der Waals surface area contributed by atoms with Crippen LogP contribution in [0.15, 0.2) is 34.2 Å². The van der Waals surface area contributed by atoms with Crippen LogP contribution in [-0.2, 0) is 12.8 Å². The molecular weight excluding hydrogens is 311 g/mol. The van der Waals surface area contributed by atoms with E-state index in [1.165, 1.54) is 28.5 Å². The second kappa shape index (κ2) is 6.62. The lowest BCUT2D eigenvalue weighted by atomic mass is 10.1. The van der Waals surface area contributed by atoms with E-state index in [0.29, 0.717) is 21.5 Å². The minimum absolute atomic E-state index is 0.115. The van der Waals surface area contributed by atoms with Crippen molar-refractivity contribution in [2.75, 3.05) is 0 Å². The standard InChI is InChI=1S/C15H16ClFN2OS/c1-9(2)13-7-14(20)19(3)15(18-13)21-8-10-11(16)5-4-6-12(10)17/h4-7,9H,8H2,1-3H3. The molecule has 1 heterocycles. The van der Waals surface area contributed by atoms with Crippen molar-refractivity contribution < 1.29 is 4.39 Å². The fraction of sp³-hybridized carbons (Fsp3) is 0.333. The average molecular weight is 327 g/mol. The molecule has 0 fully saturated rings. The lowest BCUT2D eigenvalue weighted by Gasteiger charge is -2.11. The van der Waals surface area contributed by atoms with Gasteiger partial charge in [-0.3, -0.25) is 9.36 Å². The van der Waals surface area contributed by atoms with Gasteiger partial charge in [0.15, 0.2) is 5.16 Å². The van der Waals surface area contributed by atoms with Crippen molar-refractivity contribution in [3.05, 3.63) is 56.7 Å². The highest BCUT2D eigenvalue weighted by atomic mass is 35.5. The summed E-state index contributed by atoms with van der Waals surface area (Å²) in [6, 6.07) is 6.13. The molecule has 2 rings (SSSR count). The Kier molecular flexibility index (Phi) is 5.06. The molecule has 0 spiro atoms. The number of rotatable bonds is 4. The molecule has 112 valence electrons. The Balaban J connectivity index is 2.30. The van der Waals surface area contributed by atoms with Gasteiger partial charge in [0.1, 0.15) is 5.82 Å². The van der Waals surface area contributed by atoms with Crippen LogP contribution in [0.25, 0.3) is 0 Å². The van der Waals surface area contributed by atoms with E-state index in [1.807, 2.05) is 13.8 Å². The van der Waals surface area contributed by atoms with Gasteiger partial charge in [-0.05, 0) is 18.1 Å². The lowest BCUT2D eigenvalue weighted by Crippen LogP contribution is -2.20. The second-order valence-corrected chi connectivity index (χ2v) is 6.35. The number of benzene rings is 1. The number of hydrogen-bond donors (Lipinski definition) is 0. The highest BCUT2D eigenvalue weighted by Crippen LogP contribution is 2.27. The summed E-state index contributed by atoms with van der Waals surface area (Å²) in [7, 11) is 1.66. The maximum absolute atomic E-state index is 13.8. The maximum atomic E-state index is 13.8. The third-order valence-electron chi connectivity index (χ3n) is 3.11. The van der Waals surface area contributed by atoms with E-state index >= 15 is 0 Å². The zero-order valence-electron chi connectivity index (χ0n) is 12.1. The van der Waals surface area contributed by atoms with E-state index in [4.69, 9.17) is 11.6 Å². The highest BCUT2D eigenvalue weighted by molar-refractivity contribution is 7.98. The van der Waals surface area contributed by atoms with Crippen molar-refractivity contribution >= 4 is 23.4 Å². The predicted molar refractivity (Wildman–Crippen MR) is 84.5 cm³/mol. The first kappa shape index (κ1) is 16.0. The molecule has 0 saturated heterocycles. The van der Waals surface area contributed by atoms with Gasteiger partial charge in [-0.2, -0.15) is 0 Å². The van der Waals surface area contributed by atoms with Gasteiger partial charge in [-0.15, -0.1) is 0 Å². The van der Waals surface area contributed by atoms with Gasteiger partial charge < -0.3 is 0 Å². The Morgan fingerprint density at radius 2 is 2.14 bits per heavy atom. The van der Waals surface area contributed by atoms with Crippen LogP contribution in [0, 0.1) is 5.82 Å². The van der Waals surface area contributed by atoms with Gasteiger partial charge in [0.2, 0.25) is 0 Å². The Labute approximate surface area is 132 Å². The van der Waals surface area contributed by atoms with Gasteiger partial charge in [0, 0.05) is 29.5 Å². The molecule has 3 nitrogen and oxygen atoms in total. The summed E-state index contributed by atoms with van der Waals surface area (Å²) in [4.78, 5) is 16.4. The van der Waals surface area contributed by atoms with Crippen LogP contribution >= 0.6 is 23.4 Å². The van der Waals surface area contributed by atoms with Crippen molar-refractivity contribution in [1.29, 1.82) is 0 Å². The molecule has 0 saturated carbocycles. The van der Waals surface area contributed by atoms with Crippen LogP contribution in [-0.4, -0.2) is 9.55 Å². The number of thioether (sulfide) groups is 1. The Morgan fingerprint density at radius 3 is 2.76 bits per heavy atom. The second-order valence-electron chi connectivity index (χ2n) is 5.00. The molecule has 0 unspecified atom stereocenters. The van der Waals surface area contributed by atoms with E-state index in [0.717, 1.165) is 5.69 Å². The molecule has 0 N–H and O–H groups in total. The first-order valence-electron chi connectivity index (χ1n) is 6.53. The van der Waals surface area contributed by atoms with Crippen molar-refractivity contribution in [3.8, 4) is 0 Å². The molecule has 0 bridgehead atoms. The Morgan fingerprint density at radius 1 is 1.43 bits per heavy atom. The van der Waals surface area contributed by atoms with E-state index in [1.54, 1.807) is 19.2 Å². The zero-order chi connectivity index (χ0) is 15.6. The molecule has 0 aliphatic carbocycles. The van der Waals surface area contributed by atoms with Gasteiger partial charge in [-0.1, -0.05) is 43.3 Å². The number of nitrogens with zero attached hydrogens (tertiary/aromatic N) is 2. The molecule has 0 aliphatic rings. The van der Waals surface area contributed by atoms with E-state index in [-0.39, 0.29) is 17.3 Å². The fourth-order valence-corrected chi connectivity index (χ4v) is 3.10. The van der Waals surface area contributed by atoms with E-state index < -0.39 is 0 Å². The number of halogens is 2. The first-order valence-corrected chi connectivity index (χ1v) is 7.90. The summed E-state index contributed by atoms with van der Waals surface area (Å²) in [6.07, 6.45) is 0. The van der Waals surface area contributed by atoms with Gasteiger partial charge in [-0.25, -0.2) is 9.37 Å². The first-order chi connectivity index (χ1) is 9.90. The predicted octanol–water partition coefficient (Wildman–Crippen LogP) is 3.99. The van der Waals surface area contributed by atoms with Crippen molar-refractivity contribution in [1.82, 2.24) is 9.55 Å². The quantitative estimate of drug-likeness (QED) is 0.629. The molecule has 21 heavy (non-hydrogen) atoms. The molecule has 0 amide bonds. The zero-order valence-corrected chi connectivity index (χ0v) is 13.6. The van der Waals surface area contributed by atoms with Gasteiger partial charge >= 0.3 is 0 Å². The van der Waals surface area contributed by atoms with E-state index in [2.05, 4.69) is 4.98 Å². The highest BCUT2D eigenvalue weighted by Gasteiger charge is 2.12. The smallest absolute Gasteiger partial charge is 0.254 e. The SMILES string of the molecule is CC(C)c1cc(=O)n(C)c(SCc2c(F)cccc2Cl)n1. The molecular formula is C15H16ClFN2OS. The molecule has 0 aliphatic heterocycles. The van der Waals surface area contributed by atoms with Crippen LogP contribution in [0.2, 0.25) is 5.02 Å². The van der Waals surface area contributed by atoms with Crippen molar-refractivity contribution in [3.63, 3.8) is 0 Å². The normalized spacial score (nSPS) is 11.1. The van der Waals surface area contributed by atoms with Crippen LogP contribution < -0.4 is 5.56 Å².